The van der Waals surface area contributed by atoms with Gasteiger partial charge in [-0.15, -0.1) is 0 Å². The zero-order valence-corrected chi connectivity index (χ0v) is 16.3. The molecule has 1 atom stereocenters. The molecule has 1 saturated heterocycles. The molecule has 1 aromatic carbocycles. The van der Waals surface area contributed by atoms with E-state index in [-0.39, 0.29) is 12.5 Å². The number of rotatable bonds is 5. The Morgan fingerprint density at radius 3 is 2.25 bits per heavy atom. The number of nitrogens with one attached hydrogen (secondary N) is 1. The Balaban J connectivity index is 1.57. The van der Waals surface area contributed by atoms with Gasteiger partial charge >= 0.3 is 12.0 Å². The molecule has 148 valence electrons. The van der Waals surface area contributed by atoms with E-state index >= 15 is 0 Å². The Labute approximate surface area is 165 Å². The summed E-state index contributed by atoms with van der Waals surface area (Å²) in [7, 11) is 0. The second-order valence-electron chi connectivity index (χ2n) is 7.11. The molecule has 2 heterocycles. The van der Waals surface area contributed by atoms with E-state index in [9.17, 15) is 14.7 Å². The lowest BCUT2D eigenvalue weighted by molar-refractivity contribution is -0.139. The second-order valence-corrected chi connectivity index (χ2v) is 7.11. The average Bonchev–Trinajstić information content (AvgIpc) is 2.67. The lowest BCUT2D eigenvalue weighted by Crippen LogP contribution is -2.55. The van der Waals surface area contributed by atoms with Crippen LogP contribution in [0.5, 0.6) is 0 Å². The summed E-state index contributed by atoms with van der Waals surface area (Å²) in [6.45, 7) is 6.44. The fourth-order valence-electron chi connectivity index (χ4n) is 3.45. The first-order valence-electron chi connectivity index (χ1n) is 9.45. The van der Waals surface area contributed by atoms with Gasteiger partial charge in [-0.05, 0) is 31.5 Å². The summed E-state index contributed by atoms with van der Waals surface area (Å²) in [4.78, 5) is 32.5. The maximum Gasteiger partial charge on any atom is 0.326 e. The number of piperazine rings is 1. The molecule has 7 nitrogen and oxygen atoms in total. The molecule has 2 N–H and O–H groups in total. The predicted octanol–water partition coefficient (Wildman–Crippen LogP) is 2.23. The van der Waals surface area contributed by atoms with Gasteiger partial charge < -0.3 is 20.2 Å². The minimum atomic E-state index is -1.03. The van der Waals surface area contributed by atoms with Crippen LogP contribution in [0.25, 0.3) is 0 Å². The van der Waals surface area contributed by atoms with Crippen molar-refractivity contribution in [1.82, 2.24) is 15.2 Å². The standard InChI is InChI=1S/C21H26N4O3/c1-15-12-18(13-16(2)22-15)24-8-10-25(11-9-24)21(28)23-19(20(26)27)14-17-6-4-3-5-7-17/h3-7,12-13,19H,8-11,14H2,1-2H3,(H,23,28)(H,26,27)/t19-/m1/s1. The highest BCUT2D eigenvalue weighted by atomic mass is 16.4. The van der Waals surface area contributed by atoms with Crippen molar-refractivity contribution in [2.75, 3.05) is 31.1 Å². The molecule has 0 spiro atoms. The Bertz CT molecular complexity index is 813. The molecule has 0 radical (unpaired) electrons. The maximum absolute atomic E-state index is 12.6. The number of urea groups is 1. The molecule has 1 aliphatic rings. The van der Waals surface area contributed by atoms with Gasteiger partial charge in [0.2, 0.25) is 0 Å². The summed E-state index contributed by atoms with van der Waals surface area (Å²) in [5, 5.41) is 12.1. The van der Waals surface area contributed by atoms with Crippen molar-refractivity contribution < 1.29 is 14.7 Å². The fourth-order valence-corrected chi connectivity index (χ4v) is 3.45. The number of anilines is 1. The van der Waals surface area contributed by atoms with Gasteiger partial charge in [-0.3, -0.25) is 4.98 Å². The largest absolute Gasteiger partial charge is 0.480 e. The van der Waals surface area contributed by atoms with Gasteiger partial charge in [-0.2, -0.15) is 0 Å². The number of carboxylic acid groups (broad SMARTS) is 1. The molecule has 2 amide bonds. The van der Waals surface area contributed by atoms with E-state index in [4.69, 9.17) is 0 Å². The normalized spacial score (nSPS) is 15.2. The lowest BCUT2D eigenvalue weighted by atomic mass is 10.1. The van der Waals surface area contributed by atoms with Crippen LogP contribution in [0.2, 0.25) is 0 Å². The van der Waals surface area contributed by atoms with E-state index in [0.29, 0.717) is 26.2 Å². The number of aryl methyl sites for hydroxylation is 2. The summed E-state index contributed by atoms with van der Waals surface area (Å²) in [6.07, 6.45) is 0.261. The molecule has 0 saturated carbocycles. The minimum Gasteiger partial charge on any atom is -0.480 e. The number of carbonyl (C=O) groups is 2. The number of carbonyl (C=O) groups excluding carboxylic acids is 1. The first-order chi connectivity index (χ1) is 13.4. The number of hydrogen-bond donors (Lipinski definition) is 2. The number of aliphatic carboxylic acids is 1. The molecule has 2 aromatic rings. The van der Waals surface area contributed by atoms with Crippen LogP contribution in [-0.2, 0) is 11.2 Å². The van der Waals surface area contributed by atoms with E-state index in [0.717, 1.165) is 22.6 Å². The van der Waals surface area contributed by atoms with Crippen molar-refractivity contribution in [3.05, 3.63) is 59.4 Å². The lowest BCUT2D eigenvalue weighted by Gasteiger charge is -2.36. The summed E-state index contributed by atoms with van der Waals surface area (Å²) in [5.41, 5.74) is 3.93. The maximum atomic E-state index is 12.6. The van der Waals surface area contributed by atoms with Crippen molar-refractivity contribution in [1.29, 1.82) is 0 Å². The number of amides is 2. The van der Waals surface area contributed by atoms with E-state index in [1.54, 1.807) is 4.90 Å². The Morgan fingerprint density at radius 2 is 1.68 bits per heavy atom. The Kier molecular flexibility index (Phi) is 6.13. The highest BCUT2D eigenvalue weighted by molar-refractivity contribution is 5.83. The van der Waals surface area contributed by atoms with Crippen LogP contribution < -0.4 is 10.2 Å². The van der Waals surface area contributed by atoms with Crippen LogP contribution in [0.4, 0.5) is 10.5 Å². The summed E-state index contributed by atoms with van der Waals surface area (Å²) >= 11 is 0. The quantitative estimate of drug-likeness (QED) is 0.828. The molecular formula is C21H26N4O3. The molecule has 28 heavy (non-hydrogen) atoms. The minimum absolute atomic E-state index is 0.261. The fraction of sp³-hybridized carbons (Fsp3) is 0.381. The number of carboxylic acids is 1. The van der Waals surface area contributed by atoms with Gasteiger partial charge in [-0.25, -0.2) is 9.59 Å². The highest BCUT2D eigenvalue weighted by Gasteiger charge is 2.26. The van der Waals surface area contributed by atoms with Crippen molar-refractivity contribution >= 4 is 17.7 Å². The van der Waals surface area contributed by atoms with Gasteiger partial charge in [-0.1, -0.05) is 30.3 Å². The van der Waals surface area contributed by atoms with Crippen molar-refractivity contribution in [3.63, 3.8) is 0 Å². The first-order valence-corrected chi connectivity index (χ1v) is 9.45. The third kappa shape index (κ3) is 5.00. The van der Waals surface area contributed by atoms with E-state index in [1.165, 1.54) is 0 Å². The molecule has 0 bridgehead atoms. The molecule has 1 fully saturated rings. The topological polar surface area (TPSA) is 85.8 Å². The zero-order valence-electron chi connectivity index (χ0n) is 16.3. The zero-order chi connectivity index (χ0) is 20.1. The highest BCUT2D eigenvalue weighted by Crippen LogP contribution is 2.18. The van der Waals surface area contributed by atoms with Crippen molar-refractivity contribution in [3.8, 4) is 0 Å². The molecular weight excluding hydrogens is 356 g/mol. The Morgan fingerprint density at radius 1 is 1.07 bits per heavy atom. The molecule has 0 unspecified atom stereocenters. The monoisotopic (exact) mass is 382 g/mol. The van der Waals surface area contributed by atoms with Crippen LogP contribution in [-0.4, -0.2) is 59.2 Å². The van der Waals surface area contributed by atoms with E-state index in [2.05, 4.69) is 15.2 Å². The molecule has 7 heteroatoms. The molecule has 0 aliphatic carbocycles. The van der Waals surface area contributed by atoms with Crippen LogP contribution in [0, 0.1) is 13.8 Å². The SMILES string of the molecule is Cc1cc(N2CCN(C(=O)N[C@H](Cc3ccccc3)C(=O)O)CC2)cc(C)n1. The van der Waals surface area contributed by atoms with Gasteiger partial charge in [0, 0.05) is 49.7 Å². The van der Waals surface area contributed by atoms with Crippen LogP contribution in [0.3, 0.4) is 0 Å². The van der Waals surface area contributed by atoms with Gasteiger partial charge in [0.05, 0.1) is 0 Å². The van der Waals surface area contributed by atoms with Crippen LogP contribution >= 0.6 is 0 Å². The average molecular weight is 382 g/mol. The van der Waals surface area contributed by atoms with E-state index < -0.39 is 12.0 Å². The number of pyridine rings is 1. The number of aromatic nitrogens is 1. The van der Waals surface area contributed by atoms with Gasteiger partial charge in [0.1, 0.15) is 6.04 Å². The third-order valence-electron chi connectivity index (χ3n) is 4.88. The third-order valence-corrected chi connectivity index (χ3v) is 4.88. The van der Waals surface area contributed by atoms with Gasteiger partial charge in [0.15, 0.2) is 0 Å². The summed E-state index contributed by atoms with van der Waals surface area (Å²) in [6, 6.07) is 12.1. The molecule has 1 aliphatic heterocycles. The second kappa shape index (κ2) is 8.73. The molecule has 1 aromatic heterocycles. The molecule has 3 rings (SSSR count). The van der Waals surface area contributed by atoms with Gasteiger partial charge in [0.25, 0.3) is 0 Å². The number of nitrogens with zero attached hydrogens (tertiary/aromatic N) is 3. The Hall–Kier alpha value is -3.09. The van der Waals surface area contributed by atoms with Crippen LogP contribution in [0.15, 0.2) is 42.5 Å². The van der Waals surface area contributed by atoms with E-state index in [1.807, 2.05) is 56.3 Å². The smallest absolute Gasteiger partial charge is 0.326 e. The first kappa shape index (κ1) is 19.7. The summed E-state index contributed by atoms with van der Waals surface area (Å²) < 4.78 is 0. The van der Waals surface area contributed by atoms with Crippen molar-refractivity contribution in [2.24, 2.45) is 0 Å². The number of hydrogen-bond acceptors (Lipinski definition) is 4. The predicted molar refractivity (Wildman–Crippen MR) is 108 cm³/mol. The summed E-state index contributed by atoms with van der Waals surface area (Å²) in [5.74, 6) is -1.03. The van der Waals surface area contributed by atoms with Crippen LogP contribution in [0.1, 0.15) is 17.0 Å². The number of benzene rings is 1. The van der Waals surface area contributed by atoms with Crippen molar-refractivity contribution in [2.45, 2.75) is 26.3 Å².